The summed E-state index contributed by atoms with van der Waals surface area (Å²) in [7, 11) is 0. The van der Waals surface area contributed by atoms with Gasteiger partial charge in [-0.3, -0.25) is 0 Å². The van der Waals surface area contributed by atoms with Crippen molar-refractivity contribution in [2.24, 2.45) is 0 Å². The normalized spacial score (nSPS) is 23.6. The van der Waals surface area contributed by atoms with Gasteiger partial charge in [0.15, 0.2) is 0 Å². The molecule has 2 rings (SSSR count). The highest BCUT2D eigenvalue weighted by atomic mass is 15.1. The molecule has 1 N–H and O–H groups in total. The van der Waals surface area contributed by atoms with E-state index in [0.29, 0.717) is 0 Å². The predicted molar refractivity (Wildman–Crippen MR) is 77.5 cm³/mol. The second-order valence-electron chi connectivity index (χ2n) is 5.79. The van der Waals surface area contributed by atoms with Crippen LogP contribution in [-0.4, -0.2) is 36.6 Å². The molecule has 18 heavy (non-hydrogen) atoms. The summed E-state index contributed by atoms with van der Waals surface area (Å²) in [6.07, 6.45) is 10.8. The molecular formula is C16H28N2. The molecule has 0 aromatic carbocycles. The van der Waals surface area contributed by atoms with Gasteiger partial charge in [0, 0.05) is 25.0 Å². The summed E-state index contributed by atoms with van der Waals surface area (Å²) in [5, 5.41) is 3.89. The molecule has 1 saturated heterocycles. The van der Waals surface area contributed by atoms with E-state index in [4.69, 9.17) is 0 Å². The summed E-state index contributed by atoms with van der Waals surface area (Å²) < 4.78 is 0. The van der Waals surface area contributed by atoms with E-state index in [9.17, 15) is 0 Å². The number of nitrogens with one attached hydrogen (secondary N) is 1. The Morgan fingerprint density at radius 3 is 2.33 bits per heavy atom. The molecular weight excluding hydrogens is 220 g/mol. The molecule has 0 bridgehead atoms. The SMILES string of the molecule is CC#CCCN1CCC(NC2CCCCC2)CC1. The second kappa shape index (κ2) is 7.81. The standard InChI is InChI=1S/C16H28N2/c1-2-3-7-12-18-13-10-16(11-14-18)17-15-8-5-4-6-9-15/h15-17H,4-14H2,1H3. The first-order chi connectivity index (χ1) is 8.88. The van der Waals surface area contributed by atoms with Gasteiger partial charge in [-0.05, 0) is 45.7 Å². The van der Waals surface area contributed by atoms with Crippen LogP contribution in [0.4, 0.5) is 0 Å². The molecule has 2 fully saturated rings. The molecule has 1 aliphatic heterocycles. The van der Waals surface area contributed by atoms with E-state index in [-0.39, 0.29) is 0 Å². The van der Waals surface area contributed by atoms with Crippen LogP contribution in [0.5, 0.6) is 0 Å². The molecule has 2 heteroatoms. The lowest BCUT2D eigenvalue weighted by Gasteiger charge is -2.35. The zero-order valence-electron chi connectivity index (χ0n) is 11.9. The van der Waals surface area contributed by atoms with Gasteiger partial charge in [-0.25, -0.2) is 0 Å². The van der Waals surface area contributed by atoms with Crippen LogP contribution in [0, 0.1) is 11.8 Å². The Morgan fingerprint density at radius 2 is 1.67 bits per heavy atom. The number of rotatable bonds is 4. The highest BCUT2D eigenvalue weighted by Crippen LogP contribution is 2.20. The van der Waals surface area contributed by atoms with Gasteiger partial charge in [0.25, 0.3) is 0 Å². The molecule has 0 atom stereocenters. The van der Waals surface area contributed by atoms with Crippen molar-refractivity contribution in [1.82, 2.24) is 10.2 Å². The Bertz CT molecular complexity index is 275. The third-order valence-electron chi connectivity index (χ3n) is 4.39. The highest BCUT2D eigenvalue weighted by molar-refractivity contribution is 4.95. The lowest BCUT2D eigenvalue weighted by molar-refractivity contribution is 0.187. The molecule has 1 heterocycles. The molecule has 0 aromatic rings. The van der Waals surface area contributed by atoms with Crippen molar-refractivity contribution in [3.63, 3.8) is 0 Å². The Labute approximate surface area is 113 Å². The number of hydrogen-bond acceptors (Lipinski definition) is 2. The van der Waals surface area contributed by atoms with Gasteiger partial charge in [0.05, 0.1) is 0 Å². The number of nitrogens with zero attached hydrogens (tertiary/aromatic N) is 1. The van der Waals surface area contributed by atoms with Crippen molar-refractivity contribution < 1.29 is 0 Å². The molecule has 102 valence electrons. The number of piperidine rings is 1. The first-order valence-corrected chi connectivity index (χ1v) is 7.76. The van der Waals surface area contributed by atoms with E-state index < -0.39 is 0 Å². The first kappa shape index (κ1) is 13.9. The quantitative estimate of drug-likeness (QED) is 0.770. The fraction of sp³-hybridized carbons (Fsp3) is 0.875. The van der Waals surface area contributed by atoms with Crippen molar-refractivity contribution in [1.29, 1.82) is 0 Å². The predicted octanol–water partition coefficient (Wildman–Crippen LogP) is 2.79. The van der Waals surface area contributed by atoms with Gasteiger partial charge >= 0.3 is 0 Å². The molecule has 2 nitrogen and oxygen atoms in total. The summed E-state index contributed by atoms with van der Waals surface area (Å²) in [4.78, 5) is 2.57. The van der Waals surface area contributed by atoms with Crippen molar-refractivity contribution in [2.75, 3.05) is 19.6 Å². The van der Waals surface area contributed by atoms with Crippen LogP contribution in [0.2, 0.25) is 0 Å². The topological polar surface area (TPSA) is 15.3 Å². The van der Waals surface area contributed by atoms with E-state index in [2.05, 4.69) is 22.1 Å². The largest absolute Gasteiger partial charge is 0.311 e. The Morgan fingerprint density at radius 1 is 1.00 bits per heavy atom. The highest BCUT2D eigenvalue weighted by Gasteiger charge is 2.22. The van der Waals surface area contributed by atoms with Gasteiger partial charge in [-0.1, -0.05) is 19.3 Å². The summed E-state index contributed by atoms with van der Waals surface area (Å²) in [6.45, 7) is 5.61. The summed E-state index contributed by atoms with van der Waals surface area (Å²) in [6, 6.07) is 1.60. The van der Waals surface area contributed by atoms with Crippen LogP contribution in [0.3, 0.4) is 0 Å². The first-order valence-electron chi connectivity index (χ1n) is 7.76. The molecule has 1 saturated carbocycles. The van der Waals surface area contributed by atoms with E-state index in [1.54, 1.807) is 0 Å². The molecule has 0 aromatic heterocycles. The minimum atomic E-state index is 0.779. The monoisotopic (exact) mass is 248 g/mol. The smallest absolute Gasteiger partial charge is 0.0216 e. The summed E-state index contributed by atoms with van der Waals surface area (Å²) in [5.41, 5.74) is 0. The fourth-order valence-electron chi connectivity index (χ4n) is 3.26. The van der Waals surface area contributed by atoms with Crippen molar-refractivity contribution >= 4 is 0 Å². The van der Waals surface area contributed by atoms with Crippen molar-refractivity contribution in [2.45, 2.75) is 70.4 Å². The van der Waals surface area contributed by atoms with Gasteiger partial charge in [0.2, 0.25) is 0 Å². The van der Waals surface area contributed by atoms with Crippen LogP contribution in [0.1, 0.15) is 58.3 Å². The van der Waals surface area contributed by atoms with Crippen LogP contribution in [0.15, 0.2) is 0 Å². The molecule has 0 spiro atoms. The molecule has 2 aliphatic rings. The van der Waals surface area contributed by atoms with E-state index >= 15 is 0 Å². The Hall–Kier alpha value is -0.520. The minimum absolute atomic E-state index is 0.779. The zero-order valence-corrected chi connectivity index (χ0v) is 11.9. The number of likely N-dealkylation sites (tertiary alicyclic amines) is 1. The Kier molecular flexibility index (Phi) is 6.04. The van der Waals surface area contributed by atoms with E-state index in [1.807, 2.05) is 6.92 Å². The lowest BCUT2D eigenvalue weighted by Crippen LogP contribution is -2.46. The maximum atomic E-state index is 3.89. The third kappa shape index (κ3) is 4.63. The zero-order chi connectivity index (χ0) is 12.6. The van der Waals surface area contributed by atoms with Crippen LogP contribution in [0.25, 0.3) is 0 Å². The minimum Gasteiger partial charge on any atom is -0.311 e. The van der Waals surface area contributed by atoms with Crippen LogP contribution >= 0.6 is 0 Å². The Balaban J connectivity index is 1.61. The van der Waals surface area contributed by atoms with Gasteiger partial charge in [-0.15, -0.1) is 11.8 Å². The van der Waals surface area contributed by atoms with Gasteiger partial charge < -0.3 is 10.2 Å². The molecule has 0 unspecified atom stereocenters. The summed E-state index contributed by atoms with van der Waals surface area (Å²) >= 11 is 0. The van der Waals surface area contributed by atoms with Crippen molar-refractivity contribution in [3.05, 3.63) is 0 Å². The second-order valence-corrected chi connectivity index (χ2v) is 5.79. The molecule has 0 radical (unpaired) electrons. The van der Waals surface area contributed by atoms with E-state index in [1.165, 1.54) is 58.0 Å². The van der Waals surface area contributed by atoms with Crippen LogP contribution < -0.4 is 5.32 Å². The summed E-state index contributed by atoms with van der Waals surface area (Å²) in [5.74, 6) is 6.15. The maximum absolute atomic E-state index is 3.89. The van der Waals surface area contributed by atoms with Gasteiger partial charge in [0.1, 0.15) is 0 Å². The average Bonchev–Trinajstić information content (AvgIpc) is 2.42. The fourth-order valence-corrected chi connectivity index (χ4v) is 3.26. The number of hydrogen-bond donors (Lipinski definition) is 1. The molecule has 0 amide bonds. The van der Waals surface area contributed by atoms with Crippen molar-refractivity contribution in [3.8, 4) is 11.8 Å². The lowest BCUT2D eigenvalue weighted by atomic mass is 9.93. The third-order valence-corrected chi connectivity index (χ3v) is 4.39. The van der Waals surface area contributed by atoms with Gasteiger partial charge in [-0.2, -0.15) is 0 Å². The van der Waals surface area contributed by atoms with E-state index in [0.717, 1.165) is 25.0 Å². The van der Waals surface area contributed by atoms with Crippen LogP contribution in [-0.2, 0) is 0 Å². The maximum Gasteiger partial charge on any atom is 0.0216 e. The molecule has 1 aliphatic carbocycles. The average molecular weight is 248 g/mol.